The summed E-state index contributed by atoms with van der Waals surface area (Å²) in [6.07, 6.45) is 1.47. The number of anilines is 2. The topological polar surface area (TPSA) is 112 Å². The summed E-state index contributed by atoms with van der Waals surface area (Å²) in [5.41, 5.74) is 0.952. The van der Waals surface area contributed by atoms with Gasteiger partial charge in [-0.05, 0) is 35.9 Å². The van der Waals surface area contributed by atoms with Crippen molar-refractivity contribution in [1.82, 2.24) is 0 Å². The number of nitrogens with zero attached hydrogens (tertiary/aromatic N) is 1. The molecule has 1 aromatic carbocycles. The van der Waals surface area contributed by atoms with E-state index >= 15 is 0 Å². The molecular formula is C14H9N3O4S. The summed E-state index contributed by atoms with van der Waals surface area (Å²) in [5.74, 6) is 0.223. The number of fused-ring (bicyclic) bond motifs is 1. The summed E-state index contributed by atoms with van der Waals surface area (Å²) < 4.78 is 28.3. The van der Waals surface area contributed by atoms with Gasteiger partial charge in [0.15, 0.2) is 9.84 Å². The zero-order valence-electron chi connectivity index (χ0n) is 11.0. The van der Waals surface area contributed by atoms with Crippen LogP contribution >= 0.6 is 0 Å². The molecule has 0 radical (unpaired) electrons. The number of nitrogens with one attached hydrogen (secondary N) is 2. The Bertz CT molecular complexity index is 935. The van der Waals surface area contributed by atoms with Crippen LogP contribution in [0.3, 0.4) is 0 Å². The highest BCUT2D eigenvalue weighted by Gasteiger charge is 2.20. The average Bonchev–Trinajstić information content (AvgIpc) is 3.03. The van der Waals surface area contributed by atoms with Crippen LogP contribution in [0.5, 0.6) is 0 Å². The summed E-state index contributed by atoms with van der Waals surface area (Å²) in [5, 5.41) is 14.7. The number of benzene rings is 1. The van der Waals surface area contributed by atoms with Crippen molar-refractivity contribution in [3.8, 4) is 6.07 Å². The van der Waals surface area contributed by atoms with Crippen molar-refractivity contribution in [3.05, 3.63) is 47.1 Å². The maximum Gasteiger partial charge on any atom is 0.326 e. The second-order valence-electron chi connectivity index (χ2n) is 4.46. The smallest absolute Gasteiger partial charge is 0.326 e. The number of hydrogen-bond acceptors (Lipinski definition) is 5. The number of urea groups is 1. The van der Waals surface area contributed by atoms with E-state index in [1.165, 1.54) is 30.3 Å². The van der Waals surface area contributed by atoms with Gasteiger partial charge in [-0.2, -0.15) is 5.26 Å². The number of furan rings is 1. The van der Waals surface area contributed by atoms with Crippen LogP contribution in [0, 0.1) is 11.3 Å². The quantitative estimate of drug-likeness (QED) is 0.884. The molecule has 0 saturated carbocycles. The highest BCUT2D eigenvalue weighted by molar-refractivity contribution is 7.94. The predicted molar refractivity (Wildman–Crippen MR) is 78.7 cm³/mol. The molecule has 3 rings (SSSR count). The lowest BCUT2D eigenvalue weighted by molar-refractivity contribution is 0.261. The summed E-state index contributed by atoms with van der Waals surface area (Å²) in [6, 6.07) is 8.60. The fourth-order valence-electron chi connectivity index (χ4n) is 1.99. The summed E-state index contributed by atoms with van der Waals surface area (Å²) in [7, 11) is -3.35. The van der Waals surface area contributed by atoms with Gasteiger partial charge in [-0.15, -0.1) is 0 Å². The molecule has 0 bridgehead atoms. The minimum absolute atomic E-state index is 0.0863. The number of carbonyl (C=O) groups is 1. The van der Waals surface area contributed by atoms with Gasteiger partial charge in [0.05, 0.1) is 4.90 Å². The molecule has 0 aliphatic carbocycles. The van der Waals surface area contributed by atoms with E-state index in [9.17, 15) is 13.2 Å². The average molecular weight is 315 g/mol. The first-order chi connectivity index (χ1) is 10.5. The molecule has 0 saturated heterocycles. The van der Waals surface area contributed by atoms with Crippen LogP contribution in [0.15, 0.2) is 45.1 Å². The van der Waals surface area contributed by atoms with Crippen LogP contribution in [0.2, 0.25) is 0 Å². The van der Waals surface area contributed by atoms with E-state index in [1.54, 1.807) is 12.1 Å². The number of nitriles is 1. The third kappa shape index (κ3) is 2.57. The van der Waals surface area contributed by atoms with Gasteiger partial charge < -0.3 is 9.73 Å². The minimum Gasteiger partial charge on any atom is -0.430 e. The molecule has 0 unspecified atom stereocenters. The van der Waals surface area contributed by atoms with Gasteiger partial charge in [0, 0.05) is 17.2 Å². The van der Waals surface area contributed by atoms with Crippen molar-refractivity contribution < 1.29 is 17.6 Å². The van der Waals surface area contributed by atoms with Crippen LogP contribution in [0.1, 0.15) is 11.3 Å². The molecule has 2 amide bonds. The molecule has 1 aromatic heterocycles. The molecule has 7 nitrogen and oxygen atoms in total. The number of rotatable bonds is 2. The Morgan fingerprint density at radius 3 is 2.73 bits per heavy atom. The number of hydrogen-bond donors (Lipinski definition) is 2. The fourth-order valence-corrected chi connectivity index (χ4v) is 3.18. The SMILES string of the molecule is N#Cc1ccc(NC(=O)Nc2ccc3c(c2)C=CS3(=O)=O)o1. The molecule has 2 N–H and O–H groups in total. The molecule has 22 heavy (non-hydrogen) atoms. The van der Waals surface area contributed by atoms with E-state index in [-0.39, 0.29) is 16.5 Å². The van der Waals surface area contributed by atoms with Crippen LogP contribution in [0.4, 0.5) is 16.4 Å². The Morgan fingerprint density at radius 1 is 1.18 bits per heavy atom. The van der Waals surface area contributed by atoms with E-state index < -0.39 is 15.9 Å². The van der Waals surface area contributed by atoms with Gasteiger partial charge in [-0.3, -0.25) is 5.32 Å². The Kier molecular flexibility index (Phi) is 3.19. The molecule has 1 aliphatic heterocycles. The lowest BCUT2D eigenvalue weighted by atomic mass is 10.2. The molecule has 2 aromatic rings. The third-order valence-corrected chi connectivity index (χ3v) is 4.43. The van der Waals surface area contributed by atoms with E-state index in [0.29, 0.717) is 11.3 Å². The van der Waals surface area contributed by atoms with Gasteiger partial charge in [0.2, 0.25) is 11.6 Å². The standard InChI is InChI=1S/C14H9N3O4S/c15-8-11-2-4-13(21-11)17-14(18)16-10-1-3-12-9(7-10)5-6-22(12,19)20/h1-7H,(H2,16,17,18). The maximum absolute atomic E-state index is 11.8. The van der Waals surface area contributed by atoms with Crippen LogP contribution in [-0.4, -0.2) is 14.4 Å². The van der Waals surface area contributed by atoms with Gasteiger partial charge in [0.25, 0.3) is 0 Å². The molecule has 1 aliphatic rings. The number of carbonyl (C=O) groups excluding carboxylic acids is 1. The Hall–Kier alpha value is -3.05. The van der Waals surface area contributed by atoms with Gasteiger partial charge in [-0.1, -0.05) is 0 Å². The first-order valence-electron chi connectivity index (χ1n) is 6.13. The molecule has 0 fully saturated rings. The highest BCUT2D eigenvalue weighted by atomic mass is 32.2. The van der Waals surface area contributed by atoms with E-state index in [0.717, 1.165) is 5.41 Å². The maximum atomic E-state index is 11.8. The second-order valence-corrected chi connectivity index (χ2v) is 6.26. The van der Waals surface area contributed by atoms with Crippen molar-refractivity contribution in [1.29, 1.82) is 5.26 Å². The lowest BCUT2D eigenvalue weighted by Crippen LogP contribution is -2.19. The zero-order chi connectivity index (χ0) is 15.7. The summed E-state index contributed by atoms with van der Waals surface area (Å²) in [4.78, 5) is 12.0. The molecule has 0 atom stereocenters. The van der Waals surface area contributed by atoms with Crippen LogP contribution in [0.25, 0.3) is 6.08 Å². The molecule has 110 valence electrons. The van der Waals surface area contributed by atoms with Crippen LogP contribution < -0.4 is 10.6 Å². The fraction of sp³-hybridized carbons (Fsp3) is 0. The van der Waals surface area contributed by atoms with E-state index in [1.807, 2.05) is 0 Å². The van der Waals surface area contributed by atoms with Gasteiger partial charge in [0.1, 0.15) is 6.07 Å². The normalized spacial score (nSPS) is 14.1. The van der Waals surface area contributed by atoms with Gasteiger partial charge >= 0.3 is 6.03 Å². The Labute approximate surface area is 125 Å². The van der Waals surface area contributed by atoms with Crippen molar-refractivity contribution in [3.63, 3.8) is 0 Å². The van der Waals surface area contributed by atoms with Crippen molar-refractivity contribution in [2.24, 2.45) is 0 Å². The lowest BCUT2D eigenvalue weighted by Gasteiger charge is -2.07. The second kappa shape index (κ2) is 5.05. The number of sulfone groups is 1. The third-order valence-electron chi connectivity index (χ3n) is 2.95. The van der Waals surface area contributed by atoms with Crippen molar-refractivity contribution in [2.45, 2.75) is 4.90 Å². The van der Waals surface area contributed by atoms with Crippen molar-refractivity contribution >= 4 is 33.5 Å². The van der Waals surface area contributed by atoms with Gasteiger partial charge in [-0.25, -0.2) is 13.2 Å². The Balaban J connectivity index is 1.73. The molecule has 0 spiro atoms. The minimum atomic E-state index is -3.35. The van der Waals surface area contributed by atoms with Crippen molar-refractivity contribution in [2.75, 3.05) is 10.6 Å². The monoisotopic (exact) mass is 315 g/mol. The molecular weight excluding hydrogens is 306 g/mol. The summed E-state index contributed by atoms with van der Waals surface area (Å²) in [6.45, 7) is 0. The zero-order valence-corrected chi connectivity index (χ0v) is 11.8. The molecule has 8 heteroatoms. The first kappa shape index (κ1) is 13.9. The number of amides is 2. The highest BCUT2D eigenvalue weighted by Crippen LogP contribution is 2.29. The first-order valence-corrected chi connectivity index (χ1v) is 7.68. The largest absolute Gasteiger partial charge is 0.430 e. The molecule has 2 heterocycles. The van der Waals surface area contributed by atoms with E-state index in [4.69, 9.17) is 9.68 Å². The predicted octanol–water partition coefficient (Wildman–Crippen LogP) is 2.55. The Morgan fingerprint density at radius 2 is 2.00 bits per heavy atom. The van der Waals surface area contributed by atoms with Crippen LogP contribution in [-0.2, 0) is 9.84 Å². The summed E-state index contributed by atoms with van der Waals surface area (Å²) >= 11 is 0. The van der Waals surface area contributed by atoms with E-state index in [2.05, 4.69) is 10.6 Å².